The molecule has 1 saturated heterocycles. The molecule has 1 aromatic carbocycles. The maximum atomic E-state index is 14.0. The lowest BCUT2D eigenvalue weighted by molar-refractivity contribution is -0.146. The van der Waals surface area contributed by atoms with Crippen LogP contribution in [0.5, 0.6) is 0 Å². The Labute approximate surface area is 261 Å². The largest absolute Gasteiger partial charge is 0.389 e. The summed E-state index contributed by atoms with van der Waals surface area (Å²) in [5.74, 6) is -5.19. The van der Waals surface area contributed by atoms with Gasteiger partial charge in [0.25, 0.3) is 5.91 Å². The van der Waals surface area contributed by atoms with Gasteiger partial charge in [0, 0.05) is 18.5 Å². The van der Waals surface area contributed by atoms with Crippen LogP contribution in [-0.2, 0) is 19.2 Å². The highest BCUT2D eigenvalue weighted by atomic mass is 19.4. The normalized spacial score (nSPS) is 18.9. The van der Waals surface area contributed by atoms with Gasteiger partial charge >= 0.3 is 12.2 Å². The molecule has 0 aromatic heterocycles. The number of primary amides is 1. The number of halogens is 3. The van der Waals surface area contributed by atoms with Crippen molar-refractivity contribution >= 4 is 35.3 Å². The van der Waals surface area contributed by atoms with E-state index in [4.69, 9.17) is 5.73 Å². The molecule has 11 nitrogen and oxygen atoms in total. The molecule has 1 unspecified atom stereocenters. The molecule has 0 aliphatic carbocycles. The molecule has 1 aliphatic heterocycles. The number of likely N-dealkylation sites (tertiary alicyclic amines) is 1. The number of hydrogen-bond acceptors (Lipinski definition) is 6. The van der Waals surface area contributed by atoms with Crippen molar-refractivity contribution in [3.63, 3.8) is 0 Å². The van der Waals surface area contributed by atoms with Gasteiger partial charge in [-0.05, 0) is 30.1 Å². The molecule has 1 fully saturated rings. The quantitative estimate of drug-likeness (QED) is 0.191. The van der Waals surface area contributed by atoms with Gasteiger partial charge in [-0.3, -0.25) is 24.0 Å². The van der Waals surface area contributed by atoms with Crippen molar-refractivity contribution in [1.29, 1.82) is 0 Å². The number of carbonyl (C=O) groups is 6. The van der Waals surface area contributed by atoms with E-state index in [9.17, 15) is 41.9 Å². The second-order valence-electron chi connectivity index (χ2n) is 12.8. The van der Waals surface area contributed by atoms with Gasteiger partial charge in [0.15, 0.2) is 5.78 Å². The molecule has 5 amide bonds. The van der Waals surface area contributed by atoms with E-state index in [1.165, 1.54) is 4.90 Å². The van der Waals surface area contributed by atoms with Gasteiger partial charge < -0.3 is 26.6 Å². The summed E-state index contributed by atoms with van der Waals surface area (Å²) >= 11 is 0. The second-order valence-corrected chi connectivity index (χ2v) is 12.8. The van der Waals surface area contributed by atoms with Gasteiger partial charge in [-0.1, -0.05) is 78.3 Å². The van der Waals surface area contributed by atoms with Crippen LogP contribution in [0.1, 0.15) is 77.6 Å². The summed E-state index contributed by atoms with van der Waals surface area (Å²) in [7, 11) is 0. The Morgan fingerprint density at radius 3 is 2.07 bits per heavy atom. The van der Waals surface area contributed by atoms with Gasteiger partial charge in [-0.15, -0.1) is 0 Å². The van der Waals surface area contributed by atoms with Crippen LogP contribution in [0.4, 0.5) is 18.0 Å². The van der Waals surface area contributed by atoms with Crippen molar-refractivity contribution < 1.29 is 41.9 Å². The van der Waals surface area contributed by atoms with Crippen LogP contribution in [0, 0.1) is 17.3 Å². The SMILES string of the molecule is CC[C@@H]1C[C@@H](C(=O)NC(CCC(F)(F)F)C(=O)C(N)=O)N(C(=O)[C@@H](NC(=O)N[C@H](C(=O)c2ccccc2)C(C)C)C(C)(C)C)C1. The first-order valence-corrected chi connectivity index (χ1v) is 14.9. The van der Waals surface area contributed by atoms with Gasteiger partial charge in [0.2, 0.25) is 17.6 Å². The zero-order valence-corrected chi connectivity index (χ0v) is 26.5. The van der Waals surface area contributed by atoms with Crippen LogP contribution < -0.4 is 21.7 Å². The van der Waals surface area contributed by atoms with Crippen molar-refractivity contribution in [3.05, 3.63) is 35.9 Å². The Hall–Kier alpha value is -3.97. The Kier molecular flexibility index (Phi) is 12.7. The van der Waals surface area contributed by atoms with Crippen LogP contribution in [-0.4, -0.2) is 77.1 Å². The van der Waals surface area contributed by atoms with Crippen LogP contribution in [0.25, 0.3) is 0 Å². The van der Waals surface area contributed by atoms with Gasteiger partial charge in [0.05, 0.1) is 12.1 Å². The van der Waals surface area contributed by atoms with Crippen LogP contribution in [0.3, 0.4) is 0 Å². The minimum Gasteiger partial charge on any atom is -0.363 e. The number of hydrogen-bond donors (Lipinski definition) is 4. The van der Waals surface area contributed by atoms with E-state index in [0.717, 1.165) is 0 Å². The van der Waals surface area contributed by atoms with Gasteiger partial charge in [0.1, 0.15) is 12.1 Å². The number of nitrogens with zero attached hydrogens (tertiary/aromatic N) is 1. The zero-order chi connectivity index (χ0) is 34.3. The van der Waals surface area contributed by atoms with Crippen molar-refractivity contribution in [2.75, 3.05) is 6.54 Å². The monoisotopic (exact) mass is 639 g/mol. The number of carbonyl (C=O) groups excluding carboxylic acids is 6. The van der Waals surface area contributed by atoms with E-state index in [2.05, 4.69) is 16.0 Å². The first-order chi connectivity index (χ1) is 20.8. The Bertz CT molecular complexity index is 1250. The minimum atomic E-state index is -4.66. The third kappa shape index (κ3) is 10.6. The smallest absolute Gasteiger partial charge is 0.363 e. The van der Waals surface area contributed by atoms with Crippen LogP contribution >= 0.6 is 0 Å². The molecule has 0 bridgehead atoms. The lowest BCUT2D eigenvalue weighted by atomic mass is 9.85. The van der Waals surface area contributed by atoms with E-state index < -0.39 is 78.1 Å². The Morgan fingerprint density at radius 1 is 0.978 bits per heavy atom. The second kappa shape index (κ2) is 15.3. The number of ketones is 2. The third-order valence-electron chi connectivity index (χ3n) is 7.83. The molecule has 0 saturated carbocycles. The van der Waals surface area contributed by atoms with Crippen LogP contribution in [0.15, 0.2) is 30.3 Å². The average Bonchev–Trinajstić information content (AvgIpc) is 3.39. The molecule has 1 aliphatic rings. The Morgan fingerprint density at radius 2 is 1.58 bits per heavy atom. The summed E-state index contributed by atoms with van der Waals surface area (Å²) in [6.45, 7) is 10.6. The maximum absolute atomic E-state index is 14.0. The highest BCUT2D eigenvalue weighted by Crippen LogP contribution is 2.30. The van der Waals surface area contributed by atoms with Crippen molar-refractivity contribution in [2.45, 2.75) is 97.6 Å². The molecule has 5 N–H and O–H groups in total. The molecule has 45 heavy (non-hydrogen) atoms. The molecular formula is C31H44F3N5O6. The first kappa shape index (κ1) is 37.2. The number of alkyl halides is 3. The average molecular weight is 640 g/mol. The number of nitrogens with two attached hydrogens (primary N) is 1. The first-order valence-electron chi connectivity index (χ1n) is 14.9. The maximum Gasteiger partial charge on any atom is 0.389 e. The van der Waals surface area contributed by atoms with Gasteiger partial charge in [-0.25, -0.2) is 4.79 Å². The number of nitrogens with one attached hydrogen (secondary N) is 3. The number of benzene rings is 1. The Balaban J connectivity index is 2.30. The van der Waals surface area contributed by atoms with E-state index in [1.54, 1.807) is 65.0 Å². The lowest BCUT2D eigenvalue weighted by Gasteiger charge is -2.36. The van der Waals surface area contributed by atoms with Crippen molar-refractivity contribution in [1.82, 2.24) is 20.9 Å². The van der Waals surface area contributed by atoms with E-state index in [0.29, 0.717) is 12.0 Å². The molecule has 0 spiro atoms. The van der Waals surface area contributed by atoms with E-state index >= 15 is 0 Å². The predicted molar refractivity (Wildman–Crippen MR) is 160 cm³/mol. The highest BCUT2D eigenvalue weighted by Gasteiger charge is 2.45. The summed E-state index contributed by atoms with van der Waals surface area (Å²) < 4.78 is 38.7. The summed E-state index contributed by atoms with van der Waals surface area (Å²) in [6, 6.07) is 2.54. The van der Waals surface area contributed by atoms with Crippen molar-refractivity contribution in [2.24, 2.45) is 23.0 Å². The molecular weight excluding hydrogens is 595 g/mol. The van der Waals surface area contributed by atoms with E-state index in [1.807, 2.05) is 6.92 Å². The molecule has 5 atom stereocenters. The van der Waals surface area contributed by atoms with Gasteiger partial charge in [-0.2, -0.15) is 13.2 Å². The fourth-order valence-corrected chi connectivity index (χ4v) is 5.17. The third-order valence-corrected chi connectivity index (χ3v) is 7.83. The molecule has 14 heteroatoms. The molecule has 250 valence electrons. The molecule has 1 heterocycles. The summed E-state index contributed by atoms with van der Waals surface area (Å²) in [6.07, 6.45) is -6.29. The fourth-order valence-electron chi connectivity index (χ4n) is 5.17. The number of urea groups is 1. The topological polar surface area (TPSA) is 168 Å². The van der Waals surface area contributed by atoms with Crippen LogP contribution in [0.2, 0.25) is 0 Å². The summed E-state index contributed by atoms with van der Waals surface area (Å²) in [5.41, 5.74) is 4.53. The standard InChI is InChI=1S/C31H44F3N5O6/c1-7-18-15-21(27(43)36-20(24(41)26(35)42)13-14-31(32,33)34)39(16-18)28(44)25(30(4,5)6)38-29(45)37-22(17(2)3)23(40)19-11-9-8-10-12-19/h8-12,17-18,20-22,25H,7,13-16H2,1-6H3,(H2,35,42)(H,36,43)(H2,37,38,45)/t18-,20?,21+,22+,25-/m1/s1. The lowest BCUT2D eigenvalue weighted by Crippen LogP contribution is -2.61. The predicted octanol–water partition coefficient (Wildman–Crippen LogP) is 3.12. The molecule has 2 rings (SSSR count). The van der Waals surface area contributed by atoms with E-state index in [-0.39, 0.29) is 30.6 Å². The van der Waals surface area contributed by atoms with Crippen molar-refractivity contribution in [3.8, 4) is 0 Å². The minimum absolute atomic E-state index is 0.112. The number of Topliss-reactive ketones (excluding diaryl/α,β-unsaturated/α-hetero) is 2. The highest BCUT2D eigenvalue weighted by molar-refractivity contribution is 6.37. The molecule has 0 radical (unpaired) electrons. The molecule has 1 aromatic rings. The summed E-state index contributed by atoms with van der Waals surface area (Å²) in [4.78, 5) is 78.8. The zero-order valence-electron chi connectivity index (χ0n) is 26.5. The summed E-state index contributed by atoms with van der Waals surface area (Å²) in [5, 5.41) is 7.54. The fraction of sp³-hybridized carbons (Fsp3) is 0.613. The number of rotatable bonds is 13. The number of amides is 5.